The van der Waals surface area contributed by atoms with Gasteiger partial charge in [0.15, 0.2) is 0 Å². The van der Waals surface area contributed by atoms with Gasteiger partial charge in [0.2, 0.25) is 11.7 Å². The summed E-state index contributed by atoms with van der Waals surface area (Å²) < 4.78 is 5.86. The number of amides is 1. The number of para-hydroxylation sites is 1. The zero-order valence-corrected chi connectivity index (χ0v) is 16.2. The van der Waals surface area contributed by atoms with Crippen LogP contribution in [0.4, 0.5) is 0 Å². The number of aromatic nitrogens is 4. The van der Waals surface area contributed by atoms with Crippen LogP contribution >= 0.6 is 0 Å². The van der Waals surface area contributed by atoms with Crippen LogP contribution in [0.25, 0.3) is 11.4 Å². The van der Waals surface area contributed by atoms with Gasteiger partial charge in [-0.1, -0.05) is 62.4 Å². The Kier molecular flexibility index (Phi) is 6.73. The SMILES string of the molecule is CC(C)CCOc1ccccc1CNC(=O)Cn1nnc(-c2ccccc2)n1. The molecule has 2 aromatic carbocycles. The maximum Gasteiger partial charge on any atom is 0.243 e. The Hall–Kier alpha value is -3.22. The number of tetrazole rings is 1. The average molecular weight is 379 g/mol. The molecule has 0 bridgehead atoms. The molecule has 0 atom stereocenters. The van der Waals surface area contributed by atoms with Crippen molar-refractivity contribution in [2.45, 2.75) is 33.4 Å². The third-order valence-electron chi connectivity index (χ3n) is 4.17. The summed E-state index contributed by atoms with van der Waals surface area (Å²) in [5.74, 6) is 1.70. The maximum atomic E-state index is 12.3. The monoisotopic (exact) mass is 379 g/mol. The van der Waals surface area contributed by atoms with Crippen molar-refractivity contribution >= 4 is 5.91 Å². The highest BCUT2D eigenvalue weighted by atomic mass is 16.5. The third-order valence-corrected chi connectivity index (χ3v) is 4.17. The van der Waals surface area contributed by atoms with Gasteiger partial charge in [-0.2, -0.15) is 4.80 Å². The van der Waals surface area contributed by atoms with Gasteiger partial charge in [-0.3, -0.25) is 4.79 Å². The zero-order chi connectivity index (χ0) is 19.8. The maximum absolute atomic E-state index is 12.3. The molecule has 7 nitrogen and oxygen atoms in total. The van der Waals surface area contributed by atoms with Crippen molar-refractivity contribution in [1.82, 2.24) is 25.5 Å². The molecule has 0 saturated heterocycles. The van der Waals surface area contributed by atoms with Crippen molar-refractivity contribution in [1.29, 1.82) is 0 Å². The molecule has 7 heteroatoms. The first-order valence-electron chi connectivity index (χ1n) is 9.42. The number of carbonyl (C=O) groups excluding carboxylic acids is 1. The van der Waals surface area contributed by atoms with Crippen molar-refractivity contribution in [2.24, 2.45) is 5.92 Å². The third kappa shape index (κ3) is 5.64. The van der Waals surface area contributed by atoms with Crippen LogP contribution in [0.5, 0.6) is 5.75 Å². The van der Waals surface area contributed by atoms with E-state index in [2.05, 4.69) is 34.6 Å². The van der Waals surface area contributed by atoms with Gasteiger partial charge in [0, 0.05) is 17.7 Å². The van der Waals surface area contributed by atoms with Crippen LogP contribution in [-0.2, 0) is 17.9 Å². The molecule has 1 N–H and O–H groups in total. The van der Waals surface area contributed by atoms with Gasteiger partial charge in [-0.05, 0) is 23.6 Å². The standard InChI is InChI=1S/C21H25N5O2/c1-16(2)12-13-28-19-11-7-6-10-18(19)14-22-20(27)15-26-24-21(23-25-26)17-8-4-3-5-9-17/h3-11,16H,12-15H2,1-2H3,(H,22,27). The largest absolute Gasteiger partial charge is 0.493 e. The Morgan fingerprint density at radius 1 is 1.11 bits per heavy atom. The fourth-order valence-electron chi connectivity index (χ4n) is 2.59. The molecule has 1 aromatic heterocycles. The fraction of sp³-hybridized carbons (Fsp3) is 0.333. The highest BCUT2D eigenvalue weighted by Gasteiger charge is 2.10. The number of nitrogens with zero attached hydrogens (tertiary/aromatic N) is 4. The molecule has 146 valence electrons. The van der Waals surface area contributed by atoms with Crippen LogP contribution in [0.15, 0.2) is 54.6 Å². The molecule has 0 radical (unpaired) electrons. The summed E-state index contributed by atoms with van der Waals surface area (Å²) in [7, 11) is 0. The second kappa shape index (κ2) is 9.64. The number of rotatable bonds is 9. The van der Waals surface area contributed by atoms with Gasteiger partial charge < -0.3 is 10.1 Å². The number of carbonyl (C=O) groups is 1. The molecule has 0 aliphatic heterocycles. The number of benzene rings is 2. The second-order valence-corrected chi connectivity index (χ2v) is 6.92. The molecule has 0 fully saturated rings. The lowest BCUT2D eigenvalue weighted by atomic mass is 10.1. The van der Waals surface area contributed by atoms with E-state index in [1.54, 1.807) is 0 Å². The Morgan fingerprint density at radius 2 is 1.86 bits per heavy atom. The molecule has 28 heavy (non-hydrogen) atoms. The quantitative estimate of drug-likeness (QED) is 0.618. The lowest BCUT2D eigenvalue weighted by molar-refractivity contribution is -0.122. The van der Waals surface area contributed by atoms with Crippen molar-refractivity contribution < 1.29 is 9.53 Å². The second-order valence-electron chi connectivity index (χ2n) is 6.92. The van der Waals surface area contributed by atoms with Crippen molar-refractivity contribution in [3.63, 3.8) is 0 Å². The van der Waals surface area contributed by atoms with E-state index >= 15 is 0 Å². The predicted octanol–water partition coefficient (Wildman–Crippen LogP) is 3.08. The zero-order valence-electron chi connectivity index (χ0n) is 16.2. The molecule has 0 spiro atoms. The summed E-state index contributed by atoms with van der Waals surface area (Å²) >= 11 is 0. The van der Waals surface area contributed by atoms with Crippen LogP contribution in [0.2, 0.25) is 0 Å². The van der Waals surface area contributed by atoms with Crippen molar-refractivity contribution in [3.8, 4) is 17.1 Å². The molecule has 0 aliphatic rings. The molecule has 0 unspecified atom stereocenters. The van der Waals surface area contributed by atoms with Gasteiger partial charge in [0.25, 0.3) is 0 Å². The van der Waals surface area contributed by atoms with Gasteiger partial charge in [-0.25, -0.2) is 0 Å². The minimum absolute atomic E-state index is 0.0101. The van der Waals surface area contributed by atoms with E-state index in [9.17, 15) is 4.79 Å². The fourth-order valence-corrected chi connectivity index (χ4v) is 2.59. The van der Waals surface area contributed by atoms with Crippen molar-refractivity contribution in [3.05, 3.63) is 60.2 Å². The number of ether oxygens (including phenoxy) is 1. The lowest BCUT2D eigenvalue weighted by Gasteiger charge is -2.13. The molecule has 0 saturated carbocycles. The average Bonchev–Trinajstić information content (AvgIpc) is 3.16. The van der Waals surface area contributed by atoms with Gasteiger partial charge in [0.05, 0.1) is 6.61 Å². The minimum atomic E-state index is -0.186. The number of nitrogens with one attached hydrogen (secondary N) is 1. The predicted molar refractivity (Wildman–Crippen MR) is 106 cm³/mol. The van der Waals surface area contributed by atoms with E-state index in [1.807, 2.05) is 54.6 Å². The molecule has 0 aliphatic carbocycles. The minimum Gasteiger partial charge on any atom is -0.493 e. The Labute approximate surface area is 164 Å². The summed E-state index contributed by atoms with van der Waals surface area (Å²) in [4.78, 5) is 13.6. The highest BCUT2D eigenvalue weighted by molar-refractivity contribution is 5.75. The summed E-state index contributed by atoms with van der Waals surface area (Å²) in [6.07, 6.45) is 0.989. The first-order valence-corrected chi connectivity index (χ1v) is 9.42. The molecular weight excluding hydrogens is 354 g/mol. The van der Waals surface area contributed by atoms with E-state index in [0.717, 1.165) is 23.3 Å². The Bertz CT molecular complexity index is 893. The smallest absolute Gasteiger partial charge is 0.243 e. The van der Waals surface area contributed by atoms with E-state index < -0.39 is 0 Å². The van der Waals surface area contributed by atoms with Gasteiger partial charge in [0.1, 0.15) is 12.3 Å². The first kappa shape index (κ1) is 19.5. The highest BCUT2D eigenvalue weighted by Crippen LogP contribution is 2.18. The summed E-state index contributed by atoms with van der Waals surface area (Å²) in [6, 6.07) is 17.3. The molecule has 3 rings (SSSR count). The van der Waals surface area contributed by atoms with E-state index in [4.69, 9.17) is 4.74 Å². The summed E-state index contributed by atoms with van der Waals surface area (Å²) in [5.41, 5.74) is 1.80. The summed E-state index contributed by atoms with van der Waals surface area (Å²) in [6.45, 7) is 5.38. The molecule has 1 heterocycles. The van der Waals surface area contributed by atoms with E-state index in [1.165, 1.54) is 4.80 Å². The van der Waals surface area contributed by atoms with E-state index in [0.29, 0.717) is 24.9 Å². The van der Waals surface area contributed by atoms with Crippen LogP contribution in [-0.4, -0.2) is 32.7 Å². The normalized spacial score (nSPS) is 10.8. The van der Waals surface area contributed by atoms with Crippen LogP contribution in [0.1, 0.15) is 25.8 Å². The van der Waals surface area contributed by atoms with Crippen LogP contribution < -0.4 is 10.1 Å². The van der Waals surface area contributed by atoms with E-state index in [-0.39, 0.29) is 12.5 Å². The number of hydrogen-bond donors (Lipinski definition) is 1. The first-order chi connectivity index (χ1) is 13.6. The number of hydrogen-bond acceptors (Lipinski definition) is 5. The van der Waals surface area contributed by atoms with Gasteiger partial charge >= 0.3 is 0 Å². The summed E-state index contributed by atoms with van der Waals surface area (Å²) in [5, 5.41) is 15.1. The van der Waals surface area contributed by atoms with Gasteiger partial charge in [-0.15, -0.1) is 10.2 Å². The molecule has 1 amide bonds. The Morgan fingerprint density at radius 3 is 2.64 bits per heavy atom. The molecule has 3 aromatic rings. The Balaban J connectivity index is 1.53. The van der Waals surface area contributed by atoms with Crippen LogP contribution in [0.3, 0.4) is 0 Å². The van der Waals surface area contributed by atoms with Crippen LogP contribution in [0, 0.1) is 5.92 Å². The molecular formula is C21H25N5O2. The lowest BCUT2D eigenvalue weighted by Crippen LogP contribution is -2.28. The van der Waals surface area contributed by atoms with Crippen molar-refractivity contribution in [2.75, 3.05) is 6.61 Å². The topological polar surface area (TPSA) is 81.9 Å².